The predicted molar refractivity (Wildman–Crippen MR) is 95.9 cm³/mol. The molecule has 26 heavy (non-hydrogen) atoms. The number of hydrogen-bond acceptors (Lipinski definition) is 6. The number of aromatic nitrogens is 7. The van der Waals surface area contributed by atoms with E-state index in [1.54, 1.807) is 47.6 Å². The Morgan fingerprint density at radius 1 is 1.04 bits per heavy atom. The summed E-state index contributed by atoms with van der Waals surface area (Å²) >= 11 is 0. The normalized spacial score (nSPS) is 11.3. The Morgan fingerprint density at radius 3 is 2.50 bits per heavy atom. The third kappa shape index (κ3) is 3.36. The van der Waals surface area contributed by atoms with Crippen molar-refractivity contribution in [3.8, 4) is 0 Å². The van der Waals surface area contributed by atoms with E-state index >= 15 is 0 Å². The van der Waals surface area contributed by atoms with Crippen molar-refractivity contribution in [3.05, 3.63) is 55.4 Å². The molecule has 9 nitrogen and oxygen atoms in total. The van der Waals surface area contributed by atoms with E-state index in [4.69, 9.17) is 0 Å². The molecule has 0 amide bonds. The van der Waals surface area contributed by atoms with Gasteiger partial charge in [0, 0.05) is 37.9 Å². The Morgan fingerprint density at radius 2 is 1.85 bits per heavy atom. The minimum Gasteiger partial charge on any atom is -0.338 e. The van der Waals surface area contributed by atoms with Crippen molar-refractivity contribution in [1.29, 1.82) is 0 Å². The van der Waals surface area contributed by atoms with Crippen LogP contribution in [0.2, 0.25) is 0 Å². The van der Waals surface area contributed by atoms with Gasteiger partial charge < -0.3 is 9.13 Å². The maximum Gasteiger partial charge on any atom is 0.318 e. The number of rotatable bonds is 4. The standard InChI is InChI=1S/C11H11N5O2S.C5H8N2/c1-2-15-8-7-12-11(15)19(17,18)16-10-6-4-3-5-9(10)13-14-16;1-2-7-4-3-6-5-7/h3-8H,2H2,1H3;3-5H,2H2,1H3. The fourth-order valence-electron chi connectivity index (χ4n) is 2.35. The summed E-state index contributed by atoms with van der Waals surface area (Å²) < 4.78 is 29.5. The predicted octanol–water partition coefficient (Wildman–Crippen LogP) is 1.79. The Kier molecular flexibility index (Phi) is 5.12. The average Bonchev–Trinajstić information content (AvgIpc) is 3.42. The van der Waals surface area contributed by atoms with E-state index in [2.05, 4.69) is 27.2 Å². The van der Waals surface area contributed by atoms with Gasteiger partial charge in [-0.2, -0.15) is 8.42 Å². The maximum atomic E-state index is 12.5. The van der Waals surface area contributed by atoms with Gasteiger partial charge in [-0.15, -0.1) is 9.19 Å². The first kappa shape index (κ1) is 17.8. The number of nitrogens with zero attached hydrogens (tertiary/aromatic N) is 7. The van der Waals surface area contributed by atoms with Gasteiger partial charge in [-0.25, -0.2) is 9.97 Å². The van der Waals surface area contributed by atoms with Crippen LogP contribution in [0.4, 0.5) is 0 Å². The van der Waals surface area contributed by atoms with E-state index in [9.17, 15) is 8.42 Å². The molecule has 0 fully saturated rings. The summed E-state index contributed by atoms with van der Waals surface area (Å²) in [7, 11) is -3.83. The number of benzene rings is 1. The minimum atomic E-state index is -3.83. The van der Waals surface area contributed by atoms with Crippen LogP contribution in [-0.4, -0.2) is 41.9 Å². The van der Waals surface area contributed by atoms with Crippen molar-refractivity contribution in [2.24, 2.45) is 0 Å². The average molecular weight is 373 g/mol. The van der Waals surface area contributed by atoms with Crippen molar-refractivity contribution in [1.82, 2.24) is 33.5 Å². The second-order valence-electron chi connectivity index (χ2n) is 5.32. The summed E-state index contributed by atoms with van der Waals surface area (Å²) in [4.78, 5) is 7.76. The molecule has 4 rings (SSSR count). The molecular formula is C16H19N7O2S. The van der Waals surface area contributed by atoms with Crippen molar-refractivity contribution < 1.29 is 8.42 Å². The van der Waals surface area contributed by atoms with Gasteiger partial charge in [-0.3, -0.25) is 0 Å². The van der Waals surface area contributed by atoms with Gasteiger partial charge in [-0.1, -0.05) is 17.3 Å². The van der Waals surface area contributed by atoms with Crippen LogP contribution in [0, 0.1) is 0 Å². The zero-order valence-corrected chi connectivity index (χ0v) is 15.3. The van der Waals surface area contributed by atoms with E-state index in [-0.39, 0.29) is 5.16 Å². The summed E-state index contributed by atoms with van der Waals surface area (Å²) in [6, 6.07) is 6.89. The molecule has 0 saturated carbocycles. The SMILES string of the molecule is CCn1ccnc1.CCn1ccnc1S(=O)(=O)n1nnc2ccccc21. The Balaban J connectivity index is 0.000000236. The van der Waals surface area contributed by atoms with Gasteiger partial charge in [0.05, 0.1) is 6.33 Å². The number of imidazole rings is 2. The lowest BCUT2D eigenvalue weighted by Crippen LogP contribution is -2.19. The molecule has 0 unspecified atom stereocenters. The Labute approximate surface area is 151 Å². The summed E-state index contributed by atoms with van der Waals surface area (Å²) in [5.41, 5.74) is 0.967. The van der Waals surface area contributed by atoms with E-state index in [0.717, 1.165) is 10.6 Å². The first-order valence-corrected chi connectivity index (χ1v) is 9.54. The van der Waals surface area contributed by atoms with Crippen LogP contribution < -0.4 is 0 Å². The van der Waals surface area contributed by atoms with Gasteiger partial charge >= 0.3 is 10.0 Å². The number of aryl methyl sites for hydroxylation is 2. The lowest BCUT2D eigenvalue weighted by molar-refractivity contribution is 0.553. The van der Waals surface area contributed by atoms with Gasteiger partial charge in [0.25, 0.3) is 5.16 Å². The van der Waals surface area contributed by atoms with Crippen LogP contribution in [0.1, 0.15) is 13.8 Å². The third-order valence-corrected chi connectivity index (χ3v) is 5.25. The highest BCUT2D eigenvalue weighted by Crippen LogP contribution is 2.17. The molecule has 136 valence electrons. The number of para-hydroxylation sites is 1. The second-order valence-corrected chi connectivity index (χ2v) is 6.98. The molecule has 0 N–H and O–H groups in total. The van der Waals surface area contributed by atoms with Gasteiger partial charge in [0.2, 0.25) is 0 Å². The van der Waals surface area contributed by atoms with Crippen molar-refractivity contribution in [3.63, 3.8) is 0 Å². The molecule has 0 aliphatic carbocycles. The van der Waals surface area contributed by atoms with Gasteiger partial charge in [0.15, 0.2) is 0 Å². The smallest absolute Gasteiger partial charge is 0.318 e. The largest absolute Gasteiger partial charge is 0.338 e. The van der Waals surface area contributed by atoms with E-state index < -0.39 is 10.0 Å². The first-order chi connectivity index (χ1) is 12.6. The Bertz CT molecular complexity index is 1080. The van der Waals surface area contributed by atoms with Crippen LogP contribution in [0.3, 0.4) is 0 Å². The lowest BCUT2D eigenvalue weighted by atomic mass is 10.3. The molecule has 0 aliphatic heterocycles. The van der Waals surface area contributed by atoms with E-state index in [1.165, 1.54) is 6.20 Å². The fourth-order valence-corrected chi connectivity index (χ4v) is 3.73. The Hall–Kier alpha value is -3.01. The monoisotopic (exact) mass is 373 g/mol. The molecule has 1 aromatic carbocycles. The molecular weight excluding hydrogens is 354 g/mol. The molecule has 3 aromatic heterocycles. The lowest BCUT2D eigenvalue weighted by Gasteiger charge is -2.06. The van der Waals surface area contributed by atoms with Crippen LogP contribution in [-0.2, 0) is 23.1 Å². The summed E-state index contributed by atoms with van der Waals surface area (Å²) in [6.45, 7) is 5.46. The van der Waals surface area contributed by atoms with Crippen LogP contribution in [0.5, 0.6) is 0 Å². The fraction of sp³-hybridized carbons (Fsp3) is 0.250. The summed E-state index contributed by atoms with van der Waals surface area (Å²) in [6.07, 6.45) is 8.60. The topological polar surface area (TPSA) is 100 Å². The molecule has 0 radical (unpaired) electrons. The molecule has 0 spiro atoms. The molecule has 0 bridgehead atoms. The highest BCUT2D eigenvalue weighted by Gasteiger charge is 2.25. The number of hydrogen-bond donors (Lipinski definition) is 0. The molecule has 0 atom stereocenters. The van der Waals surface area contributed by atoms with Crippen molar-refractivity contribution in [2.45, 2.75) is 32.1 Å². The highest BCUT2D eigenvalue weighted by atomic mass is 32.2. The second kappa shape index (κ2) is 7.48. The zero-order chi connectivity index (χ0) is 18.6. The first-order valence-electron chi connectivity index (χ1n) is 8.10. The number of fused-ring (bicyclic) bond motifs is 1. The molecule has 3 heterocycles. The third-order valence-electron chi connectivity index (χ3n) is 3.72. The highest BCUT2D eigenvalue weighted by molar-refractivity contribution is 7.89. The quantitative estimate of drug-likeness (QED) is 0.541. The minimum absolute atomic E-state index is 0.0364. The molecule has 0 aliphatic rings. The van der Waals surface area contributed by atoms with Crippen LogP contribution in [0.15, 0.2) is 60.5 Å². The van der Waals surface area contributed by atoms with E-state index in [0.29, 0.717) is 17.6 Å². The van der Waals surface area contributed by atoms with Crippen molar-refractivity contribution >= 4 is 21.1 Å². The van der Waals surface area contributed by atoms with Crippen molar-refractivity contribution in [2.75, 3.05) is 0 Å². The molecule has 4 aromatic rings. The summed E-state index contributed by atoms with van der Waals surface area (Å²) in [5, 5.41) is 7.53. The van der Waals surface area contributed by atoms with Crippen LogP contribution >= 0.6 is 0 Å². The molecule has 10 heteroatoms. The molecule has 0 saturated heterocycles. The van der Waals surface area contributed by atoms with Gasteiger partial charge in [-0.05, 0) is 26.0 Å². The van der Waals surface area contributed by atoms with Crippen LogP contribution in [0.25, 0.3) is 11.0 Å². The van der Waals surface area contributed by atoms with E-state index in [1.807, 2.05) is 17.7 Å². The van der Waals surface area contributed by atoms with Gasteiger partial charge in [0.1, 0.15) is 11.0 Å². The summed E-state index contributed by atoms with van der Waals surface area (Å²) in [5.74, 6) is 0. The zero-order valence-electron chi connectivity index (χ0n) is 14.5. The maximum absolute atomic E-state index is 12.5.